The Morgan fingerprint density at radius 1 is 1.00 bits per heavy atom. The number of hydrogen-bond acceptors (Lipinski definition) is 1. The maximum absolute atomic E-state index is 5.75. The van der Waals surface area contributed by atoms with Crippen LogP contribution in [0.1, 0.15) is 11.1 Å². The van der Waals surface area contributed by atoms with Gasteiger partial charge < -0.3 is 4.74 Å². The molecule has 0 radical (unpaired) electrons. The fourth-order valence-corrected chi connectivity index (χ4v) is 1.75. The summed E-state index contributed by atoms with van der Waals surface area (Å²) in [6, 6.07) is 17.2. The second-order valence-electron chi connectivity index (χ2n) is 3.40. The molecule has 0 atom stereocenters. The van der Waals surface area contributed by atoms with Crippen LogP contribution in [0.2, 0.25) is 0 Å². The van der Waals surface area contributed by atoms with Crippen LogP contribution >= 0.6 is 0 Å². The second-order valence-corrected chi connectivity index (χ2v) is 3.40. The van der Waals surface area contributed by atoms with E-state index in [9.17, 15) is 0 Å². The summed E-state index contributed by atoms with van der Waals surface area (Å²) in [6.45, 7) is 0. The smallest absolute Gasteiger partial charge is 0.114 e. The van der Waals surface area contributed by atoms with Gasteiger partial charge in [0, 0.05) is 23.1 Å². The first-order valence-electron chi connectivity index (χ1n) is 4.69. The van der Waals surface area contributed by atoms with Crippen LogP contribution in [-0.4, -0.2) is 0 Å². The molecule has 2 heteroatoms. The van der Waals surface area contributed by atoms with Crippen molar-refractivity contribution in [2.45, 2.75) is 6.42 Å². The minimum atomic E-state index is 0. The molecule has 0 spiro atoms. The van der Waals surface area contributed by atoms with Crippen LogP contribution in [0.15, 0.2) is 42.5 Å². The van der Waals surface area contributed by atoms with Crippen molar-refractivity contribution >= 4 is 0 Å². The molecule has 0 aliphatic carbocycles. The normalized spacial score (nSPS) is 11.7. The fourth-order valence-electron chi connectivity index (χ4n) is 1.75. The van der Waals surface area contributed by atoms with Crippen LogP contribution in [0.25, 0.3) is 0 Å². The zero-order valence-electron chi connectivity index (χ0n) is 8.07. The molecule has 15 heavy (non-hydrogen) atoms. The Labute approximate surface area is 99.8 Å². The Morgan fingerprint density at radius 2 is 1.80 bits per heavy atom. The van der Waals surface area contributed by atoms with Crippen LogP contribution < -0.4 is 4.74 Å². The zero-order valence-corrected chi connectivity index (χ0v) is 9.34. The van der Waals surface area contributed by atoms with E-state index in [2.05, 4.69) is 12.1 Å². The Bertz CT molecular complexity index is 392. The standard InChI is InChI=1S/C13H9O.Cr/c1-3-7-12-10(5-1)9-11-6-2-4-8-13(11)14-12;/h1-5,7-8H,9H2;/q-1;. The van der Waals surface area contributed by atoms with E-state index in [1.807, 2.05) is 36.4 Å². The van der Waals surface area contributed by atoms with Crippen LogP contribution in [0.3, 0.4) is 0 Å². The molecular formula is C13H9CrO-. The van der Waals surface area contributed by atoms with Gasteiger partial charge in [-0.25, -0.2) is 0 Å². The summed E-state index contributed by atoms with van der Waals surface area (Å²) in [5.41, 5.74) is 2.38. The molecule has 1 aliphatic heterocycles. The van der Waals surface area contributed by atoms with E-state index >= 15 is 0 Å². The van der Waals surface area contributed by atoms with Gasteiger partial charge in [-0.3, -0.25) is 0 Å². The number of rotatable bonds is 0. The number of ether oxygens (including phenoxy) is 1. The summed E-state index contributed by atoms with van der Waals surface area (Å²) in [4.78, 5) is 0. The molecule has 1 heterocycles. The Balaban J connectivity index is 0.000000853. The molecule has 2 aromatic carbocycles. The number of hydrogen-bond donors (Lipinski definition) is 0. The first kappa shape index (κ1) is 10.3. The molecule has 0 amide bonds. The minimum absolute atomic E-state index is 0. The molecular weight excluding hydrogens is 224 g/mol. The van der Waals surface area contributed by atoms with Crippen LogP contribution in [0.4, 0.5) is 0 Å². The summed E-state index contributed by atoms with van der Waals surface area (Å²) in [6.07, 6.45) is 0.923. The average molecular weight is 233 g/mol. The molecule has 0 unspecified atom stereocenters. The predicted octanol–water partition coefficient (Wildman–Crippen LogP) is 3.18. The van der Waals surface area contributed by atoms with E-state index in [4.69, 9.17) is 4.74 Å². The number of benzene rings is 2. The maximum Gasteiger partial charge on any atom is 0.114 e. The van der Waals surface area contributed by atoms with Gasteiger partial charge in [-0.2, -0.15) is 18.2 Å². The van der Waals surface area contributed by atoms with Crippen molar-refractivity contribution in [3.63, 3.8) is 0 Å². The summed E-state index contributed by atoms with van der Waals surface area (Å²) in [5, 5.41) is 0. The molecule has 0 fully saturated rings. The quantitative estimate of drug-likeness (QED) is 0.542. The fraction of sp³-hybridized carbons (Fsp3) is 0.0769. The topological polar surface area (TPSA) is 9.23 Å². The third kappa shape index (κ3) is 1.79. The number of para-hydroxylation sites is 1. The Kier molecular flexibility index (Phi) is 2.82. The van der Waals surface area contributed by atoms with Crippen LogP contribution in [0.5, 0.6) is 11.5 Å². The van der Waals surface area contributed by atoms with Crippen LogP contribution in [0, 0.1) is 6.07 Å². The van der Waals surface area contributed by atoms with Gasteiger partial charge in [-0.1, -0.05) is 18.2 Å². The van der Waals surface area contributed by atoms with Crippen molar-refractivity contribution in [2.24, 2.45) is 0 Å². The summed E-state index contributed by atoms with van der Waals surface area (Å²) in [5.74, 6) is 1.91. The molecule has 2 aromatic rings. The second kappa shape index (κ2) is 4.10. The Morgan fingerprint density at radius 3 is 2.73 bits per heavy atom. The van der Waals surface area contributed by atoms with Crippen molar-refractivity contribution in [3.05, 3.63) is 59.7 Å². The third-order valence-corrected chi connectivity index (χ3v) is 2.46. The average Bonchev–Trinajstić information content (AvgIpc) is 2.26. The van der Waals surface area contributed by atoms with Crippen molar-refractivity contribution in [1.29, 1.82) is 0 Å². The maximum atomic E-state index is 5.75. The van der Waals surface area contributed by atoms with Crippen molar-refractivity contribution in [3.8, 4) is 11.5 Å². The molecule has 0 aromatic heterocycles. The van der Waals surface area contributed by atoms with Crippen molar-refractivity contribution in [1.82, 2.24) is 0 Å². The molecule has 0 N–H and O–H groups in total. The summed E-state index contributed by atoms with van der Waals surface area (Å²) >= 11 is 0. The number of fused-ring (bicyclic) bond motifs is 2. The van der Waals surface area contributed by atoms with Gasteiger partial charge in [0.05, 0.1) is 0 Å². The van der Waals surface area contributed by atoms with E-state index in [1.165, 1.54) is 5.56 Å². The molecule has 74 valence electrons. The molecule has 0 saturated carbocycles. The van der Waals surface area contributed by atoms with E-state index in [0.29, 0.717) is 0 Å². The van der Waals surface area contributed by atoms with E-state index in [1.54, 1.807) is 0 Å². The van der Waals surface area contributed by atoms with Gasteiger partial charge in [-0.15, -0.1) is 11.6 Å². The van der Waals surface area contributed by atoms with Crippen molar-refractivity contribution in [2.75, 3.05) is 0 Å². The van der Waals surface area contributed by atoms with Gasteiger partial charge >= 0.3 is 0 Å². The van der Waals surface area contributed by atoms with Crippen molar-refractivity contribution < 1.29 is 22.1 Å². The largest absolute Gasteiger partial charge is 0.516 e. The van der Waals surface area contributed by atoms with Gasteiger partial charge in [0.2, 0.25) is 0 Å². The SMILES string of the molecule is [Cr].[c-]1cccc2c1Cc1ccccc1O2. The van der Waals surface area contributed by atoms with E-state index in [0.717, 1.165) is 23.5 Å². The molecule has 0 saturated heterocycles. The summed E-state index contributed by atoms with van der Waals surface area (Å²) in [7, 11) is 0. The third-order valence-electron chi connectivity index (χ3n) is 2.46. The molecule has 3 rings (SSSR count). The predicted molar refractivity (Wildman–Crippen MR) is 54.6 cm³/mol. The monoisotopic (exact) mass is 233 g/mol. The first-order valence-corrected chi connectivity index (χ1v) is 4.69. The van der Waals surface area contributed by atoms with Crippen LogP contribution in [-0.2, 0) is 23.8 Å². The molecule has 0 bridgehead atoms. The van der Waals surface area contributed by atoms with Gasteiger partial charge in [-0.05, 0) is 18.1 Å². The molecule has 1 aliphatic rings. The minimum Gasteiger partial charge on any atom is -0.516 e. The Hall–Kier alpha value is -1.23. The van der Waals surface area contributed by atoms with Gasteiger partial charge in [0.15, 0.2) is 0 Å². The van der Waals surface area contributed by atoms with Gasteiger partial charge in [0.25, 0.3) is 0 Å². The van der Waals surface area contributed by atoms with Gasteiger partial charge in [0.1, 0.15) is 5.75 Å². The summed E-state index contributed by atoms with van der Waals surface area (Å²) < 4.78 is 5.75. The van der Waals surface area contributed by atoms with E-state index in [-0.39, 0.29) is 17.4 Å². The zero-order chi connectivity index (χ0) is 9.38. The molecule has 1 nitrogen and oxygen atoms in total. The first-order chi connectivity index (χ1) is 6.93. The van der Waals surface area contributed by atoms with E-state index < -0.39 is 0 Å².